The third-order valence-electron chi connectivity index (χ3n) is 5.32. The molecule has 1 atom stereocenters. The van der Waals surface area contributed by atoms with Gasteiger partial charge in [0.1, 0.15) is 17.9 Å². The van der Waals surface area contributed by atoms with E-state index in [4.69, 9.17) is 5.53 Å². The van der Waals surface area contributed by atoms with Crippen molar-refractivity contribution in [3.63, 3.8) is 0 Å². The van der Waals surface area contributed by atoms with Crippen LogP contribution in [0.2, 0.25) is 0 Å². The van der Waals surface area contributed by atoms with Crippen molar-refractivity contribution in [2.45, 2.75) is 12.5 Å². The standard InChI is InChI=1S/C21H24N8O3S/c1-29(2)6-5-23-19(31)16-10-33-21(27-16)28-18(30)11-3-4-15-13(7-11)14-8-12(9-24-22)25-20(32)17(14)26-15/h3-4,7,10,12,24,26H,5-6,8-9H2,1-2H3,(H,23,31)(H,25,32)(H,27,28,30). The van der Waals surface area contributed by atoms with Crippen molar-refractivity contribution in [3.05, 3.63) is 51.6 Å². The van der Waals surface area contributed by atoms with Crippen molar-refractivity contribution in [3.8, 4) is 0 Å². The second kappa shape index (κ2) is 9.46. The molecule has 2 aromatic heterocycles. The summed E-state index contributed by atoms with van der Waals surface area (Å²) in [5.74, 6) is -0.911. The molecule has 11 nitrogen and oxygen atoms in total. The third kappa shape index (κ3) is 4.91. The zero-order valence-corrected chi connectivity index (χ0v) is 19.0. The number of amides is 3. The van der Waals surface area contributed by atoms with Gasteiger partial charge in [0.15, 0.2) is 5.13 Å². The highest BCUT2D eigenvalue weighted by Crippen LogP contribution is 2.28. The molecular formula is C21H24N8O3S. The minimum atomic E-state index is -0.366. The molecule has 1 unspecified atom stereocenters. The van der Waals surface area contributed by atoms with Crippen molar-refractivity contribution in [2.75, 3.05) is 39.0 Å². The van der Waals surface area contributed by atoms with Crippen molar-refractivity contribution in [1.29, 1.82) is 0 Å². The number of thiazole rings is 1. The average molecular weight is 469 g/mol. The van der Waals surface area contributed by atoms with Gasteiger partial charge in [-0.25, -0.2) is 4.98 Å². The molecular weight excluding hydrogens is 444 g/mol. The number of fused-ring (bicyclic) bond motifs is 3. The molecule has 0 bridgehead atoms. The number of nitrogens with one attached hydrogen (secondary N) is 5. The Hall–Kier alpha value is -3.64. The largest absolute Gasteiger partial charge is 0.508 e. The van der Waals surface area contributed by atoms with Crippen LogP contribution in [0, 0.1) is 0 Å². The highest BCUT2D eigenvalue weighted by Gasteiger charge is 2.29. The first-order chi connectivity index (χ1) is 15.9. The lowest BCUT2D eigenvalue weighted by atomic mass is 9.97. The summed E-state index contributed by atoms with van der Waals surface area (Å²) in [4.78, 5) is 46.7. The maximum Gasteiger partial charge on any atom is 0.270 e. The minimum absolute atomic E-state index is 0.215. The van der Waals surface area contributed by atoms with E-state index in [2.05, 4.69) is 31.0 Å². The van der Waals surface area contributed by atoms with Gasteiger partial charge in [-0.3, -0.25) is 19.7 Å². The fraction of sp³-hybridized carbons (Fsp3) is 0.333. The van der Waals surface area contributed by atoms with Gasteiger partial charge >= 0.3 is 0 Å². The highest BCUT2D eigenvalue weighted by atomic mass is 32.1. The summed E-state index contributed by atoms with van der Waals surface area (Å²) < 4.78 is 0. The minimum Gasteiger partial charge on any atom is -0.508 e. The smallest absolute Gasteiger partial charge is 0.270 e. The second-order valence-corrected chi connectivity index (χ2v) is 8.88. The van der Waals surface area contributed by atoms with Crippen molar-refractivity contribution >= 4 is 45.1 Å². The van der Waals surface area contributed by atoms with Crippen molar-refractivity contribution in [2.24, 2.45) is 0 Å². The van der Waals surface area contributed by atoms with E-state index in [1.165, 1.54) is 11.3 Å². The maximum absolute atomic E-state index is 12.8. The number of nitrogens with zero attached hydrogens (tertiary/aromatic N) is 3. The van der Waals surface area contributed by atoms with Crippen LogP contribution in [-0.2, 0) is 6.42 Å². The van der Waals surface area contributed by atoms with Crippen LogP contribution in [0.15, 0.2) is 23.6 Å². The quantitative estimate of drug-likeness (QED) is 0.293. The molecule has 5 N–H and O–H groups in total. The van der Waals surface area contributed by atoms with Gasteiger partial charge in [-0.1, -0.05) is 0 Å². The Kier molecular flexibility index (Phi) is 6.47. The average Bonchev–Trinajstić information content (AvgIpc) is 3.38. The van der Waals surface area contributed by atoms with Crippen LogP contribution in [-0.4, -0.2) is 72.4 Å². The molecule has 33 heavy (non-hydrogen) atoms. The molecule has 0 saturated carbocycles. The molecule has 4 rings (SSSR count). The fourth-order valence-corrected chi connectivity index (χ4v) is 4.36. The number of anilines is 1. The molecule has 0 radical (unpaired) electrons. The number of aromatic amines is 1. The number of carbonyl (C=O) groups is 3. The van der Waals surface area contributed by atoms with E-state index in [-0.39, 0.29) is 36.0 Å². The first-order valence-electron chi connectivity index (χ1n) is 10.4. The Balaban J connectivity index is 1.49. The topological polar surface area (TPSA) is 155 Å². The van der Waals surface area contributed by atoms with Gasteiger partial charge in [-0.15, -0.1) is 11.3 Å². The zero-order valence-electron chi connectivity index (χ0n) is 18.2. The van der Waals surface area contributed by atoms with Gasteiger partial charge in [0.25, 0.3) is 17.7 Å². The predicted octanol–water partition coefficient (Wildman–Crippen LogP) is -0.0752. The number of hydrogen-bond acceptors (Lipinski definition) is 6. The highest BCUT2D eigenvalue weighted by molar-refractivity contribution is 7.14. The molecule has 0 spiro atoms. The van der Waals surface area contributed by atoms with Gasteiger partial charge in [0, 0.05) is 41.4 Å². The van der Waals surface area contributed by atoms with E-state index >= 15 is 0 Å². The zero-order chi connectivity index (χ0) is 23.5. The summed E-state index contributed by atoms with van der Waals surface area (Å²) in [5.41, 5.74) is 11.6. The number of benzene rings is 1. The molecule has 12 heteroatoms. The molecule has 3 heterocycles. The monoisotopic (exact) mass is 468 g/mol. The number of rotatable bonds is 8. The van der Waals surface area contributed by atoms with Gasteiger partial charge in [0.05, 0.1) is 6.04 Å². The van der Waals surface area contributed by atoms with Crippen LogP contribution in [0.5, 0.6) is 0 Å². The van der Waals surface area contributed by atoms with Crippen LogP contribution in [0.3, 0.4) is 0 Å². The Morgan fingerprint density at radius 2 is 2.15 bits per heavy atom. The first kappa shape index (κ1) is 22.6. The van der Waals surface area contributed by atoms with E-state index < -0.39 is 0 Å². The summed E-state index contributed by atoms with van der Waals surface area (Å²) in [5, 5.41) is 13.1. The lowest BCUT2D eigenvalue weighted by Gasteiger charge is -2.20. The van der Waals surface area contributed by atoms with Gasteiger partial charge < -0.3 is 31.2 Å². The second-order valence-electron chi connectivity index (χ2n) is 8.03. The lowest BCUT2D eigenvalue weighted by Crippen LogP contribution is -2.70. The molecule has 0 fully saturated rings. The first-order valence-corrected chi connectivity index (χ1v) is 11.3. The molecule has 172 valence electrons. The van der Waals surface area contributed by atoms with Gasteiger partial charge in [0.2, 0.25) is 0 Å². The molecule has 0 saturated heterocycles. The molecule has 1 aromatic carbocycles. The van der Waals surface area contributed by atoms with E-state index in [0.29, 0.717) is 35.9 Å². The Morgan fingerprint density at radius 1 is 1.33 bits per heavy atom. The van der Waals surface area contributed by atoms with E-state index in [1.807, 2.05) is 19.0 Å². The van der Waals surface area contributed by atoms with Crippen molar-refractivity contribution < 1.29 is 19.5 Å². The van der Waals surface area contributed by atoms with Crippen LogP contribution in [0.4, 0.5) is 5.13 Å². The SMILES string of the molecule is CN(C)CCNC(=O)c1csc(NC(=O)c2ccc3[nH]c4c(c3c2)CC(C[NH+]=[N-])NC4=O)n1. The molecule has 1 aliphatic rings. The summed E-state index contributed by atoms with van der Waals surface area (Å²) in [6.45, 7) is 1.43. The van der Waals surface area contributed by atoms with E-state index in [0.717, 1.165) is 16.5 Å². The fourth-order valence-electron chi connectivity index (χ4n) is 3.67. The Bertz CT molecular complexity index is 1230. The lowest BCUT2D eigenvalue weighted by molar-refractivity contribution is -0.484. The predicted molar refractivity (Wildman–Crippen MR) is 123 cm³/mol. The third-order valence-corrected chi connectivity index (χ3v) is 6.08. The number of aromatic nitrogens is 2. The summed E-state index contributed by atoms with van der Waals surface area (Å²) in [6.07, 6.45) is 0.512. The van der Waals surface area contributed by atoms with Crippen LogP contribution >= 0.6 is 11.3 Å². The Labute approximate surface area is 193 Å². The Morgan fingerprint density at radius 3 is 2.91 bits per heavy atom. The summed E-state index contributed by atoms with van der Waals surface area (Å²) in [7, 11) is 3.84. The summed E-state index contributed by atoms with van der Waals surface area (Å²) >= 11 is 1.17. The molecule has 3 aromatic rings. The maximum atomic E-state index is 12.8. The van der Waals surface area contributed by atoms with Gasteiger partial charge in [-0.05, 0) is 37.9 Å². The molecule has 1 aliphatic heterocycles. The van der Waals surface area contributed by atoms with Crippen LogP contribution < -0.4 is 21.1 Å². The van der Waals surface area contributed by atoms with E-state index in [9.17, 15) is 14.4 Å². The van der Waals surface area contributed by atoms with E-state index in [1.54, 1.807) is 23.6 Å². The van der Waals surface area contributed by atoms with Crippen LogP contribution in [0.1, 0.15) is 36.9 Å². The summed E-state index contributed by atoms with van der Waals surface area (Å²) in [6, 6.07) is 4.88. The number of likely N-dealkylation sites (N-methyl/N-ethyl adjacent to an activating group) is 1. The molecule has 0 aliphatic carbocycles. The van der Waals surface area contributed by atoms with Gasteiger partial charge in [-0.2, -0.15) is 0 Å². The number of hydrogen-bond donors (Lipinski definition) is 5. The normalized spacial score (nSPS) is 15.2. The number of carbonyl (C=O) groups excluding carboxylic acids is 3. The molecule has 3 amide bonds. The number of H-pyrrole nitrogens is 1. The van der Waals surface area contributed by atoms with Crippen LogP contribution in [0.25, 0.3) is 16.4 Å². The van der Waals surface area contributed by atoms with Crippen molar-refractivity contribution in [1.82, 2.24) is 25.5 Å².